The molecule has 3 N–H and O–H groups in total. The molecule has 2 aliphatic rings. The summed E-state index contributed by atoms with van der Waals surface area (Å²) in [5.41, 5.74) is 1.55. The van der Waals surface area contributed by atoms with Crippen LogP contribution in [0.5, 0.6) is 5.75 Å². The molecule has 2 fully saturated rings. The predicted molar refractivity (Wildman–Crippen MR) is 95.3 cm³/mol. The zero-order valence-corrected chi connectivity index (χ0v) is 14.6. The smallest absolute Gasteiger partial charge is 0.237 e. The molecule has 2 saturated heterocycles. The van der Waals surface area contributed by atoms with Gasteiger partial charge in [0.05, 0.1) is 12.6 Å². The van der Waals surface area contributed by atoms with Gasteiger partial charge in [0, 0.05) is 13.1 Å². The van der Waals surface area contributed by atoms with Gasteiger partial charge in [0.25, 0.3) is 0 Å². The van der Waals surface area contributed by atoms with E-state index in [2.05, 4.69) is 28.1 Å². The molecule has 1 aromatic carbocycles. The molecule has 1 aromatic rings. The van der Waals surface area contributed by atoms with Crippen molar-refractivity contribution in [1.82, 2.24) is 16.0 Å². The van der Waals surface area contributed by atoms with Gasteiger partial charge in [-0.2, -0.15) is 0 Å². The van der Waals surface area contributed by atoms with Crippen molar-refractivity contribution in [3.8, 4) is 5.75 Å². The first-order valence-corrected chi connectivity index (χ1v) is 9.14. The van der Waals surface area contributed by atoms with E-state index >= 15 is 0 Å². The second-order valence-corrected chi connectivity index (χ2v) is 7.01. The third-order valence-electron chi connectivity index (χ3n) is 5.29. The summed E-state index contributed by atoms with van der Waals surface area (Å²) in [6, 6.07) is 8.08. The van der Waals surface area contributed by atoms with Crippen molar-refractivity contribution in [2.45, 2.75) is 38.6 Å². The van der Waals surface area contributed by atoms with E-state index in [0.29, 0.717) is 18.6 Å². The van der Waals surface area contributed by atoms with Gasteiger partial charge in [0.2, 0.25) is 5.91 Å². The Kier molecular flexibility index (Phi) is 5.74. The standard InChI is InChI=1S/C19H29N3O2/c1-2-24-16-5-3-15(4-6-16)7-10-21-18(23)17-13-19(14-22-17)8-11-20-12-9-19/h3-6,17,20,22H,2,7-14H2,1H3,(H,21,23). The summed E-state index contributed by atoms with van der Waals surface area (Å²) in [6.45, 7) is 6.47. The molecule has 1 spiro atoms. The molecule has 0 aliphatic carbocycles. The first-order valence-electron chi connectivity index (χ1n) is 9.14. The summed E-state index contributed by atoms with van der Waals surface area (Å²) in [5, 5.41) is 9.92. The minimum atomic E-state index is -0.0246. The van der Waals surface area contributed by atoms with Crippen LogP contribution in [-0.4, -0.2) is 44.7 Å². The minimum absolute atomic E-state index is 0.0246. The van der Waals surface area contributed by atoms with Crippen LogP contribution >= 0.6 is 0 Å². The third-order valence-corrected chi connectivity index (χ3v) is 5.29. The van der Waals surface area contributed by atoms with Gasteiger partial charge in [-0.15, -0.1) is 0 Å². The predicted octanol–water partition coefficient (Wildman–Crippen LogP) is 1.48. The number of piperidine rings is 1. The summed E-state index contributed by atoms with van der Waals surface area (Å²) in [5.74, 6) is 1.05. The number of amides is 1. The largest absolute Gasteiger partial charge is 0.494 e. The summed E-state index contributed by atoms with van der Waals surface area (Å²) in [6.07, 6.45) is 4.18. The summed E-state index contributed by atoms with van der Waals surface area (Å²) in [4.78, 5) is 12.4. The Hall–Kier alpha value is -1.59. The van der Waals surface area contributed by atoms with Gasteiger partial charge in [-0.3, -0.25) is 4.79 Å². The van der Waals surface area contributed by atoms with Crippen molar-refractivity contribution in [2.75, 3.05) is 32.8 Å². The van der Waals surface area contributed by atoms with Gasteiger partial charge in [-0.05, 0) is 68.8 Å². The van der Waals surface area contributed by atoms with E-state index in [1.165, 1.54) is 18.4 Å². The van der Waals surface area contributed by atoms with Crippen LogP contribution in [0.4, 0.5) is 0 Å². The molecule has 1 unspecified atom stereocenters. The van der Waals surface area contributed by atoms with E-state index in [1.54, 1.807) is 0 Å². The lowest BCUT2D eigenvalue weighted by atomic mass is 9.77. The maximum Gasteiger partial charge on any atom is 0.237 e. The van der Waals surface area contributed by atoms with E-state index in [4.69, 9.17) is 4.74 Å². The average Bonchev–Trinajstić information content (AvgIpc) is 3.01. The molecule has 2 aliphatic heterocycles. The fourth-order valence-corrected chi connectivity index (χ4v) is 3.81. The summed E-state index contributed by atoms with van der Waals surface area (Å²) >= 11 is 0. The monoisotopic (exact) mass is 331 g/mol. The number of carbonyl (C=O) groups excluding carboxylic acids is 1. The first-order chi connectivity index (χ1) is 11.7. The van der Waals surface area contributed by atoms with E-state index in [1.807, 2.05) is 19.1 Å². The molecule has 132 valence electrons. The van der Waals surface area contributed by atoms with Gasteiger partial charge in [0.15, 0.2) is 0 Å². The molecule has 3 rings (SSSR count). The van der Waals surface area contributed by atoms with E-state index in [-0.39, 0.29) is 11.9 Å². The Morgan fingerprint density at radius 3 is 2.75 bits per heavy atom. The van der Waals surface area contributed by atoms with Crippen molar-refractivity contribution in [3.63, 3.8) is 0 Å². The lowest BCUT2D eigenvalue weighted by Gasteiger charge is -2.33. The number of ether oxygens (including phenoxy) is 1. The van der Waals surface area contributed by atoms with E-state index in [9.17, 15) is 4.79 Å². The van der Waals surface area contributed by atoms with E-state index < -0.39 is 0 Å². The van der Waals surface area contributed by atoms with Crippen LogP contribution in [0.25, 0.3) is 0 Å². The van der Waals surface area contributed by atoms with Crippen molar-refractivity contribution in [2.24, 2.45) is 5.41 Å². The van der Waals surface area contributed by atoms with Crippen LogP contribution in [0, 0.1) is 5.41 Å². The Morgan fingerprint density at radius 1 is 1.29 bits per heavy atom. The molecule has 1 atom stereocenters. The quantitative estimate of drug-likeness (QED) is 0.739. The first kappa shape index (κ1) is 17.2. The van der Waals surface area contributed by atoms with Crippen LogP contribution in [0.3, 0.4) is 0 Å². The topological polar surface area (TPSA) is 62.4 Å². The van der Waals surface area contributed by atoms with Crippen molar-refractivity contribution >= 4 is 5.91 Å². The molecule has 24 heavy (non-hydrogen) atoms. The molecule has 2 heterocycles. The third kappa shape index (κ3) is 4.28. The Morgan fingerprint density at radius 2 is 2.04 bits per heavy atom. The lowest BCUT2D eigenvalue weighted by molar-refractivity contribution is -0.122. The van der Waals surface area contributed by atoms with Gasteiger partial charge in [-0.25, -0.2) is 0 Å². The van der Waals surface area contributed by atoms with Crippen LogP contribution in [0.15, 0.2) is 24.3 Å². The number of carbonyl (C=O) groups is 1. The number of rotatable bonds is 6. The van der Waals surface area contributed by atoms with Crippen molar-refractivity contribution in [1.29, 1.82) is 0 Å². The molecule has 0 saturated carbocycles. The van der Waals surface area contributed by atoms with Crippen LogP contribution in [-0.2, 0) is 11.2 Å². The molecule has 0 bridgehead atoms. The van der Waals surface area contributed by atoms with Gasteiger partial charge >= 0.3 is 0 Å². The molecule has 0 aromatic heterocycles. The zero-order chi connectivity index (χ0) is 16.8. The fraction of sp³-hybridized carbons (Fsp3) is 0.632. The number of hydrogen-bond acceptors (Lipinski definition) is 4. The Labute approximate surface area is 144 Å². The highest BCUT2D eigenvalue weighted by molar-refractivity contribution is 5.82. The van der Waals surface area contributed by atoms with Gasteiger partial charge in [-0.1, -0.05) is 12.1 Å². The lowest BCUT2D eigenvalue weighted by Crippen LogP contribution is -2.41. The van der Waals surface area contributed by atoms with Crippen LogP contribution in [0.1, 0.15) is 31.7 Å². The second kappa shape index (κ2) is 7.99. The number of hydrogen-bond donors (Lipinski definition) is 3. The highest BCUT2D eigenvalue weighted by Crippen LogP contribution is 2.37. The zero-order valence-electron chi connectivity index (χ0n) is 14.6. The molecular weight excluding hydrogens is 302 g/mol. The minimum Gasteiger partial charge on any atom is -0.494 e. The van der Waals surface area contributed by atoms with E-state index in [0.717, 1.165) is 38.2 Å². The molecule has 0 radical (unpaired) electrons. The van der Waals surface area contributed by atoms with Gasteiger partial charge in [0.1, 0.15) is 5.75 Å². The fourth-order valence-electron chi connectivity index (χ4n) is 3.81. The second-order valence-electron chi connectivity index (χ2n) is 7.01. The highest BCUT2D eigenvalue weighted by Gasteiger charge is 2.41. The van der Waals surface area contributed by atoms with Crippen molar-refractivity contribution < 1.29 is 9.53 Å². The molecule has 1 amide bonds. The maximum absolute atomic E-state index is 12.4. The highest BCUT2D eigenvalue weighted by atomic mass is 16.5. The normalized spacial score (nSPS) is 22.5. The van der Waals surface area contributed by atoms with Crippen LogP contribution < -0.4 is 20.7 Å². The number of benzene rings is 1. The Bertz CT molecular complexity index is 538. The van der Waals surface area contributed by atoms with Crippen LogP contribution in [0.2, 0.25) is 0 Å². The Balaban J connectivity index is 1.41. The number of nitrogens with one attached hydrogen (secondary N) is 3. The molecule has 5 heteroatoms. The molecule has 5 nitrogen and oxygen atoms in total. The van der Waals surface area contributed by atoms with Crippen molar-refractivity contribution in [3.05, 3.63) is 29.8 Å². The molecular formula is C19H29N3O2. The maximum atomic E-state index is 12.4. The average molecular weight is 331 g/mol. The summed E-state index contributed by atoms with van der Waals surface area (Å²) in [7, 11) is 0. The summed E-state index contributed by atoms with van der Waals surface area (Å²) < 4.78 is 5.44. The SMILES string of the molecule is CCOc1ccc(CCNC(=O)C2CC3(CCNCC3)CN2)cc1. The van der Waals surface area contributed by atoms with Gasteiger partial charge < -0.3 is 20.7 Å².